The summed E-state index contributed by atoms with van der Waals surface area (Å²) in [5.74, 6) is -0.927. The van der Waals surface area contributed by atoms with Crippen molar-refractivity contribution in [1.29, 1.82) is 0 Å². The van der Waals surface area contributed by atoms with Crippen LogP contribution in [-0.4, -0.2) is 16.1 Å². The van der Waals surface area contributed by atoms with Crippen molar-refractivity contribution in [3.05, 3.63) is 40.2 Å². The summed E-state index contributed by atoms with van der Waals surface area (Å²) in [5, 5.41) is 9.57. The van der Waals surface area contributed by atoms with Gasteiger partial charge >= 0.3 is 5.97 Å². The summed E-state index contributed by atoms with van der Waals surface area (Å²) >= 11 is 5.96. The first kappa shape index (κ1) is 12.6. The Bertz CT molecular complexity index is 584. The summed E-state index contributed by atoms with van der Waals surface area (Å²) < 4.78 is 5.29. The average molecular weight is 266 g/mol. The molecule has 18 heavy (non-hydrogen) atoms. The number of benzene rings is 1. The van der Waals surface area contributed by atoms with Gasteiger partial charge in [0.2, 0.25) is 11.7 Å². The zero-order valence-electron chi connectivity index (χ0n) is 10.0. The van der Waals surface area contributed by atoms with Gasteiger partial charge in [-0.3, -0.25) is 0 Å². The van der Waals surface area contributed by atoms with Crippen molar-refractivity contribution >= 4 is 17.6 Å². The second-order valence-electron chi connectivity index (χ2n) is 3.97. The maximum Gasteiger partial charge on any atom is 0.373 e. The zero-order chi connectivity index (χ0) is 13.3. The smallest absolute Gasteiger partial charge is 0.373 e. The number of carboxylic acid groups (broad SMARTS) is 1. The lowest BCUT2D eigenvalue weighted by atomic mass is 10.1. The third kappa shape index (κ3) is 2.38. The quantitative estimate of drug-likeness (QED) is 0.921. The number of rotatable bonds is 3. The first-order chi connectivity index (χ1) is 8.51. The first-order valence-corrected chi connectivity index (χ1v) is 5.89. The van der Waals surface area contributed by atoms with Crippen LogP contribution in [0.5, 0.6) is 0 Å². The monoisotopic (exact) mass is 265 g/mol. The van der Waals surface area contributed by atoms with Crippen molar-refractivity contribution in [2.24, 2.45) is 0 Å². The number of aromatic nitrogens is 1. The van der Waals surface area contributed by atoms with Crippen LogP contribution >= 0.6 is 11.6 Å². The Hall–Kier alpha value is -1.81. The van der Waals surface area contributed by atoms with Crippen LogP contribution in [-0.2, 0) is 6.42 Å². The minimum Gasteiger partial charge on any atom is -0.475 e. The van der Waals surface area contributed by atoms with Gasteiger partial charge in [0.25, 0.3) is 0 Å². The standard InChI is InChI=1S/C13H12ClNO3/c1-3-10-11(13(16)17)18-12(15-10)8-4-7(2)5-9(14)6-8/h4-6H,3H2,1-2H3,(H,16,17). The molecule has 0 atom stereocenters. The Morgan fingerprint density at radius 2 is 2.17 bits per heavy atom. The van der Waals surface area contributed by atoms with Gasteiger partial charge in [-0.2, -0.15) is 0 Å². The number of aryl methyl sites for hydroxylation is 2. The van der Waals surface area contributed by atoms with Gasteiger partial charge in [-0.25, -0.2) is 9.78 Å². The van der Waals surface area contributed by atoms with Crippen LogP contribution in [0.1, 0.15) is 28.7 Å². The fourth-order valence-corrected chi connectivity index (χ4v) is 2.03. The number of hydrogen-bond acceptors (Lipinski definition) is 3. The number of oxazole rings is 1. The predicted molar refractivity (Wildman–Crippen MR) is 68.0 cm³/mol. The third-order valence-electron chi connectivity index (χ3n) is 2.52. The van der Waals surface area contributed by atoms with Crippen LogP contribution in [0.4, 0.5) is 0 Å². The molecule has 0 spiro atoms. The highest BCUT2D eigenvalue weighted by Gasteiger charge is 2.19. The van der Waals surface area contributed by atoms with Gasteiger partial charge in [-0.05, 0) is 37.1 Å². The molecule has 1 aromatic carbocycles. The fraction of sp³-hybridized carbons (Fsp3) is 0.231. The molecule has 2 aromatic rings. The van der Waals surface area contributed by atoms with E-state index in [-0.39, 0.29) is 11.7 Å². The normalized spacial score (nSPS) is 10.6. The molecule has 0 amide bonds. The Balaban J connectivity index is 2.54. The largest absolute Gasteiger partial charge is 0.475 e. The lowest BCUT2D eigenvalue weighted by molar-refractivity contribution is 0.0662. The van der Waals surface area contributed by atoms with Gasteiger partial charge in [0.1, 0.15) is 0 Å². The van der Waals surface area contributed by atoms with Crippen LogP contribution in [0.25, 0.3) is 11.5 Å². The van der Waals surface area contributed by atoms with Gasteiger partial charge in [-0.15, -0.1) is 0 Å². The Kier molecular flexibility index (Phi) is 3.39. The van der Waals surface area contributed by atoms with E-state index in [1.54, 1.807) is 6.07 Å². The SMILES string of the molecule is CCc1nc(-c2cc(C)cc(Cl)c2)oc1C(=O)O. The van der Waals surface area contributed by atoms with E-state index >= 15 is 0 Å². The molecule has 1 heterocycles. The third-order valence-corrected chi connectivity index (χ3v) is 2.73. The fourth-order valence-electron chi connectivity index (χ4n) is 1.74. The zero-order valence-corrected chi connectivity index (χ0v) is 10.8. The molecular formula is C13H12ClNO3. The summed E-state index contributed by atoms with van der Waals surface area (Å²) in [5.41, 5.74) is 2.09. The molecule has 1 aromatic heterocycles. The highest BCUT2D eigenvalue weighted by molar-refractivity contribution is 6.30. The summed E-state index contributed by atoms with van der Waals surface area (Å²) in [4.78, 5) is 15.2. The van der Waals surface area contributed by atoms with Crippen molar-refractivity contribution in [1.82, 2.24) is 4.98 Å². The van der Waals surface area contributed by atoms with Crippen LogP contribution in [0.3, 0.4) is 0 Å². The molecule has 4 nitrogen and oxygen atoms in total. The van der Waals surface area contributed by atoms with Crippen LogP contribution in [0.2, 0.25) is 5.02 Å². The minimum absolute atomic E-state index is 0.106. The Morgan fingerprint density at radius 3 is 2.67 bits per heavy atom. The van der Waals surface area contributed by atoms with Crippen molar-refractivity contribution in [3.63, 3.8) is 0 Å². The van der Waals surface area contributed by atoms with Gasteiger partial charge < -0.3 is 9.52 Å². The molecule has 5 heteroatoms. The highest BCUT2D eigenvalue weighted by atomic mass is 35.5. The highest BCUT2D eigenvalue weighted by Crippen LogP contribution is 2.26. The topological polar surface area (TPSA) is 63.3 Å². The number of nitrogens with zero attached hydrogens (tertiary/aromatic N) is 1. The van der Waals surface area contributed by atoms with E-state index in [9.17, 15) is 4.79 Å². The maximum absolute atomic E-state index is 11.0. The van der Waals surface area contributed by atoms with Crippen molar-refractivity contribution in [2.75, 3.05) is 0 Å². The van der Waals surface area contributed by atoms with Crippen LogP contribution < -0.4 is 0 Å². The molecule has 0 aliphatic carbocycles. The predicted octanol–water partition coefficient (Wildman–Crippen LogP) is 3.56. The van der Waals surface area contributed by atoms with E-state index < -0.39 is 5.97 Å². The lowest BCUT2D eigenvalue weighted by Crippen LogP contribution is -1.98. The molecule has 0 saturated heterocycles. The molecule has 0 fully saturated rings. The number of halogens is 1. The number of carbonyl (C=O) groups is 1. The molecule has 0 aliphatic rings. The molecule has 0 radical (unpaired) electrons. The van der Waals surface area contributed by atoms with Crippen LogP contribution in [0.15, 0.2) is 22.6 Å². The molecule has 1 N–H and O–H groups in total. The maximum atomic E-state index is 11.0. The van der Waals surface area contributed by atoms with E-state index in [0.29, 0.717) is 22.7 Å². The minimum atomic E-state index is -1.11. The summed E-state index contributed by atoms with van der Waals surface area (Å²) in [6, 6.07) is 5.36. The van der Waals surface area contributed by atoms with E-state index in [4.69, 9.17) is 21.1 Å². The second-order valence-corrected chi connectivity index (χ2v) is 4.41. The first-order valence-electron chi connectivity index (χ1n) is 5.51. The number of aromatic carboxylic acids is 1. The molecular weight excluding hydrogens is 254 g/mol. The number of hydrogen-bond donors (Lipinski definition) is 1. The van der Waals surface area contributed by atoms with Crippen molar-refractivity contribution < 1.29 is 14.3 Å². The van der Waals surface area contributed by atoms with Crippen molar-refractivity contribution in [3.8, 4) is 11.5 Å². The Labute approximate surface area is 109 Å². The number of carboxylic acids is 1. The molecule has 0 aliphatic heterocycles. The van der Waals surface area contributed by atoms with E-state index in [0.717, 1.165) is 5.56 Å². The van der Waals surface area contributed by atoms with E-state index in [2.05, 4.69) is 4.98 Å². The van der Waals surface area contributed by atoms with Gasteiger partial charge in [-0.1, -0.05) is 18.5 Å². The Morgan fingerprint density at radius 1 is 1.44 bits per heavy atom. The van der Waals surface area contributed by atoms with Crippen molar-refractivity contribution in [2.45, 2.75) is 20.3 Å². The summed E-state index contributed by atoms with van der Waals surface area (Å²) in [6.07, 6.45) is 0.505. The summed E-state index contributed by atoms with van der Waals surface area (Å²) in [6.45, 7) is 3.73. The second kappa shape index (κ2) is 4.82. The molecule has 0 bridgehead atoms. The summed E-state index contributed by atoms with van der Waals surface area (Å²) in [7, 11) is 0. The molecule has 94 valence electrons. The molecule has 2 rings (SSSR count). The van der Waals surface area contributed by atoms with Gasteiger partial charge in [0.15, 0.2) is 0 Å². The molecule has 0 unspecified atom stereocenters. The lowest BCUT2D eigenvalue weighted by Gasteiger charge is -1.99. The van der Waals surface area contributed by atoms with E-state index in [1.807, 2.05) is 26.0 Å². The average Bonchev–Trinajstić information content (AvgIpc) is 2.71. The van der Waals surface area contributed by atoms with Gasteiger partial charge in [0, 0.05) is 10.6 Å². The van der Waals surface area contributed by atoms with Gasteiger partial charge in [0.05, 0.1) is 5.69 Å². The van der Waals surface area contributed by atoms with E-state index in [1.165, 1.54) is 0 Å². The molecule has 0 saturated carbocycles. The van der Waals surface area contributed by atoms with Crippen LogP contribution in [0, 0.1) is 6.92 Å².